The maximum atomic E-state index is 12.4. The molecule has 0 atom stereocenters. The van der Waals surface area contributed by atoms with Crippen molar-refractivity contribution in [3.63, 3.8) is 0 Å². The lowest BCUT2D eigenvalue weighted by molar-refractivity contribution is -0.115. The fourth-order valence-corrected chi connectivity index (χ4v) is 4.25. The van der Waals surface area contributed by atoms with Gasteiger partial charge in [0.15, 0.2) is 0 Å². The van der Waals surface area contributed by atoms with Crippen molar-refractivity contribution in [3.8, 4) is 21.7 Å². The van der Waals surface area contributed by atoms with Crippen LogP contribution in [-0.2, 0) is 17.6 Å². The van der Waals surface area contributed by atoms with Crippen molar-refractivity contribution in [3.05, 3.63) is 89.1 Å². The van der Waals surface area contributed by atoms with Gasteiger partial charge in [0.1, 0.15) is 5.82 Å². The third-order valence-corrected chi connectivity index (χ3v) is 6.04. The quantitative estimate of drug-likeness (QED) is 0.427. The summed E-state index contributed by atoms with van der Waals surface area (Å²) < 4.78 is 0. The molecule has 4 nitrogen and oxygen atoms in total. The Morgan fingerprint density at radius 3 is 2.50 bits per heavy atom. The van der Waals surface area contributed by atoms with Crippen LogP contribution in [0.4, 0.5) is 5.82 Å². The Labute approximate surface area is 180 Å². The monoisotopic (exact) mass is 413 g/mol. The van der Waals surface area contributed by atoms with Crippen molar-refractivity contribution in [2.75, 3.05) is 5.32 Å². The van der Waals surface area contributed by atoms with Gasteiger partial charge in [-0.2, -0.15) is 0 Å². The SMILES string of the molecule is CCc1nc(-c2ccc(C)cc2)c(-c2ccnc(NC(=O)Cc3ccccc3)c2)s1. The predicted octanol–water partition coefficient (Wildman–Crippen LogP) is 5.92. The Hall–Kier alpha value is -3.31. The summed E-state index contributed by atoms with van der Waals surface area (Å²) in [5.74, 6) is 0.470. The van der Waals surface area contributed by atoms with E-state index in [0.717, 1.165) is 38.7 Å². The number of nitrogens with one attached hydrogen (secondary N) is 1. The zero-order chi connectivity index (χ0) is 20.9. The number of pyridine rings is 1. The Bertz CT molecular complexity index is 1150. The van der Waals surface area contributed by atoms with Crippen LogP contribution in [-0.4, -0.2) is 15.9 Å². The summed E-state index contributed by atoms with van der Waals surface area (Å²) in [6.07, 6.45) is 2.94. The van der Waals surface area contributed by atoms with E-state index in [2.05, 4.69) is 48.4 Å². The first-order valence-electron chi connectivity index (χ1n) is 9.99. The summed E-state index contributed by atoms with van der Waals surface area (Å²) in [6.45, 7) is 4.19. The number of benzene rings is 2. The predicted molar refractivity (Wildman–Crippen MR) is 124 cm³/mol. The average Bonchev–Trinajstić information content (AvgIpc) is 3.20. The van der Waals surface area contributed by atoms with Gasteiger partial charge < -0.3 is 5.32 Å². The molecule has 1 N–H and O–H groups in total. The summed E-state index contributed by atoms with van der Waals surface area (Å²) >= 11 is 1.69. The van der Waals surface area contributed by atoms with Crippen LogP contribution in [0.15, 0.2) is 72.9 Å². The second-order valence-corrected chi connectivity index (χ2v) is 8.23. The van der Waals surface area contributed by atoms with Crippen LogP contribution in [0, 0.1) is 6.92 Å². The van der Waals surface area contributed by atoms with Gasteiger partial charge in [-0.15, -0.1) is 11.3 Å². The summed E-state index contributed by atoms with van der Waals surface area (Å²) in [6, 6.07) is 22.0. The summed E-state index contributed by atoms with van der Waals surface area (Å²) in [7, 11) is 0. The largest absolute Gasteiger partial charge is 0.310 e. The van der Waals surface area contributed by atoms with Crippen molar-refractivity contribution >= 4 is 23.1 Å². The Morgan fingerprint density at radius 1 is 1.00 bits per heavy atom. The first-order chi connectivity index (χ1) is 14.6. The normalized spacial score (nSPS) is 10.7. The minimum Gasteiger partial charge on any atom is -0.310 e. The first kappa shape index (κ1) is 20.0. The molecule has 0 bridgehead atoms. The molecular formula is C25H23N3OS. The van der Waals surface area contributed by atoms with Crippen LogP contribution in [0.25, 0.3) is 21.7 Å². The van der Waals surface area contributed by atoms with E-state index in [0.29, 0.717) is 12.2 Å². The minimum atomic E-state index is -0.0804. The van der Waals surface area contributed by atoms with E-state index in [4.69, 9.17) is 4.98 Å². The fourth-order valence-electron chi connectivity index (χ4n) is 3.23. The summed E-state index contributed by atoms with van der Waals surface area (Å²) in [5, 5.41) is 4.01. The molecule has 2 aromatic heterocycles. The van der Waals surface area contributed by atoms with Crippen LogP contribution < -0.4 is 5.32 Å². The highest BCUT2D eigenvalue weighted by molar-refractivity contribution is 7.15. The number of hydrogen-bond donors (Lipinski definition) is 1. The minimum absolute atomic E-state index is 0.0804. The van der Waals surface area contributed by atoms with Gasteiger partial charge in [0.25, 0.3) is 0 Å². The highest BCUT2D eigenvalue weighted by atomic mass is 32.1. The smallest absolute Gasteiger partial charge is 0.229 e. The number of aryl methyl sites for hydroxylation is 2. The number of nitrogens with zero attached hydrogens (tertiary/aromatic N) is 2. The van der Waals surface area contributed by atoms with Gasteiger partial charge in [-0.25, -0.2) is 9.97 Å². The van der Waals surface area contributed by atoms with Crippen LogP contribution in [0.3, 0.4) is 0 Å². The van der Waals surface area contributed by atoms with Gasteiger partial charge in [-0.3, -0.25) is 4.79 Å². The van der Waals surface area contributed by atoms with Crippen molar-refractivity contribution in [2.45, 2.75) is 26.7 Å². The van der Waals surface area contributed by atoms with E-state index >= 15 is 0 Å². The third-order valence-electron chi connectivity index (χ3n) is 4.80. The van der Waals surface area contributed by atoms with Gasteiger partial charge in [0.05, 0.1) is 22.0 Å². The molecule has 30 heavy (non-hydrogen) atoms. The molecule has 0 saturated carbocycles. The first-order valence-corrected chi connectivity index (χ1v) is 10.8. The van der Waals surface area contributed by atoms with Crippen LogP contribution in [0.5, 0.6) is 0 Å². The van der Waals surface area contributed by atoms with Crippen molar-refractivity contribution in [2.24, 2.45) is 0 Å². The molecule has 0 aliphatic carbocycles. The number of rotatable bonds is 6. The number of anilines is 1. The fraction of sp³-hybridized carbons (Fsp3) is 0.160. The zero-order valence-corrected chi connectivity index (χ0v) is 17.9. The molecular weight excluding hydrogens is 390 g/mol. The molecule has 5 heteroatoms. The van der Waals surface area contributed by atoms with E-state index in [1.165, 1.54) is 5.56 Å². The molecule has 4 aromatic rings. The van der Waals surface area contributed by atoms with Gasteiger partial charge in [0, 0.05) is 11.8 Å². The molecule has 0 spiro atoms. The molecule has 0 aliphatic rings. The zero-order valence-electron chi connectivity index (χ0n) is 17.1. The number of hydrogen-bond acceptors (Lipinski definition) is 4. The van der Waals surface area contributed by atoms with Crippen molar-refractivity contribution in [1.29, 1.82) is 0 Å². The lowest BCUT2D eigenvalue weighted by Gasteiger charge is -2.07. The van der Waals surface area contributed by atoms with Crippen LogP contribution in [0.2, 0.25) is 0 Å². The number of thiazole rings is 1. The number of carbonyl (C=O) groups excluding carboxylic acids is 1. The molecule has 1 amide bonds. The maximum Gasteiger partial charge on any atom is 0.229 e. The van der Waals surface area contributed by atoms with Crippen LogP contribution in [0.1, 0.15) is 23.1 Å². The third kappa shape index (κ3) is 4.63. The van der Waals surface area contributed by atoms with Crippen molar-refractivity contribution < 1.29 is 4.79 Å². The van der Waals surface area contributed by atoms with Gasteiger partial charge in [-0.05, 0) is 36.6 Å². The number of amides is 1. The second kappa shape index (κ2) is 9.01. The van der Waals surface area contributed by atoms with Crippen molar-refractivity contribution in [1.82, 2.24) is 9.97 Å². The van der Waals surface area contributed by atoms with Gasteiger partial charge in [0.2, 0.25) is 5.91 Å². The lowest BCUT2D eigenvalue weighted by Crippen LogP contribution is -2.15. The Morgan fingerprint density at radius 2 is 1.77 bits per heavy atom. The molecule has 0 saturated heterocycles. The molecule has 150 valence electrons. The van der Waals surface area contributed by atoms with Gasteiger partial charge in [-0.1, -0.05) is 67.1 Å². The summed E-state index contributed by atoms with van der Waals surface area (Å²) in [5.41, 5.74) is 5.27. The molecule has 0 radical (unpaired) electrons. The molecule has 2 heterocycles. The molecule has 0 aliphatic heterocycles. The molecule has 0 unspecified atom stereocenters. The Kier molecular flexibility index (Phi) is 6.00. The standard InChI is InChI=1S/C25H23N3OS/c1-3-23-28-24(19-11-9-17(2)10-12-19)25(30-23)20-13-14-26-21(16-20)27-22(29)15-18-7-5-4-6-8-18/h4-14,16H,3,15H2,1-2H3,(H,26,27,29). The van der Waals surface area contributed by atoms with Gasteiger partial charge >= 0.3 is 0 Å². The van der Waals surface area contributed by atoms with Crippen LogP contribution >= 0.6 is 11.3 Å². The molecule has 0 fully saturated rings. The van der Waals surface area contributed by atoms with E-state index in [1.54, 1.807) is 17.5 Å². The van der Waals surface area contributed by atoms with E-state index in [-0.39, 0.29) is 5.91 Å². The maximum absolute atomic E-state index is 12.4. The molecule has 4 rings (SSSR count). The Balaban J connectivity index is 1.61. The highest BCUT2D eigenvalue weighted by Crippen LogP contribution is 2.37. The average molecular weight is 414 g/mol. The topological polar surface area (TPSA) is 54.9 Å². The number of aromatic nitrogens is 2. The lowest BCUT2D eigenvalue weighted by atomic mass is 10.1. The highest BCUT2D eigenvalue weighted by Gasteiger charge is 2.15. The second-order valence-electron chi connectivity index (χ2n) is 7.15. The number of carbonyl (C=O) groups is 1. The van der Waals surface area contributed by atoms with E-state index in [9.17, 15) is 4.79 Å². The molecule has 2 aromatic carbocycles. The van der Waals surface area contributed by atoms with E-state index in [1.807, 2.05) is 42.5 Å². The van der Waals surface area contributed by atoms with E-state index < -0.39 is 0 Å². The summed E-state index contributed by atoms with van der Waals surface area (Å²) in [4.78, 5) is 22.7.